The first kappa shape index (κ1) is 7.93. The van der Waals surface area contributed by atoms with Crippen molar-refractivity contribution in [2.45, 2.75) is 5.85 Å². The van der Waals surface area contributed by atoms with Gasteiger partial charge in [-0.3, -0.25) is 0 Å². The number of aliphatic hydroxyl groups is 1. The molecule has 0 aliphatic carbocycles. The van der Waals surface area contributed by atoms with Gasteiger partial charge in [0.05, 0.1) is 0 Å². The van der Waals surface area contributed by atoms with E-state index in [1.165, 1.54) is 19.4 Å². The van der Waals surface area contributed by atoms with E-state index in [1.807, 2.05) is 0 Å². The van der Waals surface area contributed by atoms with Crippen LogP contribution in [0.4, 0.5) is 0 Å². The molecule has 1 atom stereocenters. The molecule has 0 rings (SSSR count). The quantitative estimate of drug-likeness (QED) is 0.453. The summed E-state index contributed by atoms with van der Waals surface area (Å²) in [5, 5.41) is 8.81. The summed E-state index contributed by atoms with van der Waals surface area (Å²) in [6, 6.07) is 0. The molecule has 0 aliphatic rings. The van der Waals surface area contributed by atoms with E-state index in [0.717, 1.165) is 0 Å². The Morgan fingerprint density at radius 1 is 1.75 bits per heavy atom. The van der Waals surface area contributed by atoms with Gasteiger partial charge in [0.25, 0.3) is 0 Å². The van der Waals surface area contributed by atoms with Crippen LogP contribution < -0.4 is 0 Å². The Morgan fingerprint density at radius 3 is 2.12 bits per heavy atom. The van der Waals surface area contributed by atoms with Gasteiger partial charge in [0.1, 0.15) is 13.0 Å². The second kappa shape index (κ2) is 2.47. The van der Waals surface area contributed by atoms with Crippen molar-refractivity contribution in [1.82, 2.24) is 0 Å². The van der Waals surface area contributed by atoms with Crippen LogP contribution in [0.3, 0.4) is 0 Å². The fraction of sp³-hybridized carbons (Fsp3) is 0.600. The fourth-order valence-corrected chi connectivity index (χ4v) is 0.762. The molecular weight excluding hydrogens is 123 g/mol. The van der Waals surface area contributed by atoms with Gasteiger partial charge in [0.15, 0.2) is 0 Å². The van der Waals surface area contributed by atoms with Crippen molar-refractivity contribution in [3.05, 3.63) is 12.7 Å². The minimum Gasteiger partial charge on any atom is -0.381 e. The average Bonchev–Trinajstić information content (AvgIpc) is 1.62. The molecule has 0 aliphatic heterocycles. The van der Waals surface area contributed by atoms with Gasteiger partial charge < -0.3 is 9.67 Å². The summed E-state index contributed by atoms with van der Waals surface area (Å²) >= 11 is 0. The maximum Gasteiger partial charge on any atom is 0.124 e. The summed E-state index contributed by atoms with van der Waals surface area (Å²) in [5.74, 6) is -0.831. The lowest BCUT2D eigenvalue weighted by Gasteiger charge is -2.08. The molecule has 8 heavy (non-hydrogen) atoms. The monoisotopic (exact) mass is 134 g/mol. The lowest BCUT2D eigenvalue weighted by Crippen LogP contribution is -1.99. The Hall–Kier alpha value is -0.0700. The third-order valence-corrected chi connectivity index (χ3v) is 2.33. The van der Waals surface area contributed by atoms with Crippen LogP contribution in [0.25, 0.3) is 0 Å². The molecule has 0 aromatic rings. The molecule has 0 bridgehead atoms. The summed E-state index contributed by atoms with van der Waals surface area (Å²) in [7, 11) is -2.32. The van der Waals surface area contributed by atoms with Gasteiger partial charge in [-0.1, -0.05) is 6.08 Å². The Bertz CT molecular complexity index is 124. The van der Waals surface area contributed by atoms with Gasteiger partial charge in [-0.15, -0.1) is 6.58 Å². The van der Waals surface area contributed by atoms with Crippen molar-refractivity contribution in [3.8, 4) is 0 Å². The number of hydrogen-bond donors (Lipinski definition) is 1. The average molecular weight is 134 g/mol. The molecule has 0 fully saturated rings. The van der Waals surface area contributed by atoms with Crippen molar-refractivity contribution in [2.24, 2.45) is 0 Å². The van der Waals surface area contributed by atoms with E-state index in [2.05, 4.69) is 6.58 Å². The first-order valence-corrected chi connectivity index (χ1v) is 5.01. The molecular formula is C5H11O2P. The van der Waals surface area contributed by atoms with E-state index >= 15 is 0 Å². The maximum atomic E-state index is 10.8. The molecule has 0 saturated carbocycles. The molecule has 0 spiro atoms. The van der Waals surface area contributed by atoms with Crippen molar-refractivity contribution < 1.29 is 9.67 Å². The van der Waals surface area contributed by atoms with Gasteiger partial charge in [0, 0.05) is 0 Å². The number of hydrogen-bond acceptors (Lipinski definition) is 2. The fourth-order valence-electron chi connectivity index (χ4n) is 0.254. The normalized spacial score (nSPS) is 15.4. The highest BCUT2D eigenvalue weighted by atomic mass is 31.2. The van der Waals surface area contributed by atoms with Crippen LogP contribution in [-0.4, -0.2) is 24.3 Å². The molecule has 0 amide bonds. The van der Waals surface area contributed by atoms with Crippen molar-refractivity contribution >= 4 is 7.14 Å². The molecule has 2 nitrogen and oxygen atoms in total. The largest absolute Gasteiger partial charge is 0.381 e. The highest BCUT2D eigenvalue weighted by Crippen LogP contribution is 2.40. The van der Waals surface area contributed by atoms with E-state index in [1.54, 1.807) is 0 Å². The van der Waals surface area contributed by atoms with Crippen LogP contribution in [0.5, 0.6) is 0 Å². The SMILES string of the molecule is C=CC(O)P(C)(C)=O. The van der Waals surface area contributed by atoms with Gasteiger partial charge in [-0.25, -0.2) is 0 Å². The molecule has 0 heterocycles. The zero-order valence-corrected chi connectivity index (χ0v) is 6.06. The van der Waals surface area contributed by atoms with E-state index in [9.17, 15) is 4.57 Å². The van der Waals surface area contributed by atoms with E-state index in [4.69, 9.17) is 5.11 Å². The van der Waals surface area contributed by atoms with Crippen LogP contribution >= 0.6 is 7.14 Å². The summed E-state index contributed by atoms with van der Waals surface area (Å²) < 4.78 is 10.8. The highest BCUT2D eigenvalue weighted by Gasteiger charge is 2.15. The minimum absolute atomic E-state index is 0.831. The molecule has 0 aromatic heterocycles. The Labute approximate surface area is 49.6 Å². The highest BCUT2D eigenvalue weighted by molar-refractivity contribution is 7.63. The van der Waals surface area contributed by atoms with Crippen LogP contribution in [0.2, 0.25) is 0 Å². The summed E-state index contributed by atoms with van der Waals surface area (Å²) in [6.07, 6.45) is 1.29. The minimum atomic E-state index is -2.32. The lowest BCUT2D eigenvalue weighted by atomic mass is 10.7. The Kier molecular flexibility index (Phi) is 2.45. The summed E-state index contributed by atoms with van der Waals surface area (Å²) in [6.45, 7) is 6.36. The van der Waals surface area contributed by atoms with Crippen LogP contribution in [0.15, 0.2) is 12.7 Å². The topological polar surface area (TPSA) is 37.3 Å². The predicted molar refractivity (Wildman–Crippen MR) is 35.7 cm³/mol. The third-order valence-electron chi connectivity index (χ3n) is 0.848. The van der Waals surface area contributed by atoms with Crippen molar-refractivity contribution in [3.63, 3.8) is 0 Å². The zero-order valence-electron chi connectivity index (χ0n) is 5.16. The second-order valence-electron chi connectivity index (χ2n) is 2.08. The first-order valence-electron chi connectivity index (χ1n) is 2.33. The van der Waals surface area contributed by atoms with Crippen molar-refractivity contribution in [2.75, 3.05) is 13.3 Å². The molecule has 1 unspecified atom stereocenters. The molecule has 48 valence electrons. The van der Waals surface area contributed by atoms with E-state index in [-0.39, 0.29) is 0 Å². The predicted octanol–water partition coefficient (Wildman–Crippen LogP) is 1.11. The second-order valence-corrected chi connectivity index (χ2v) is 5.48. The van der Waals surface area contributed by atoms with Crippen LogP contribution in [-0.2, 0) is 4.57 Å². The molecule has 0 aromatic carbocycles. The number of aliphatic hydroxyl groups excluding tert-OH is 1. The standard InChI is InChI=1S/C5H11O2P/c1-4-5(6)8(2,3)7/h4-6H,1H2,2-3H3. The smallest absolute Gasteiger partial charge is 0.124 e. The molecule has 0 radical (unpaired) electrons. The third kappa shape index (κ3) is 2.29. The van der Waals surface area contributed by atoms with Crippen molar-refractivity contribution in [1.29, 1.82) is 0 Å². The van der Waals surface area contributed by atoms with Gasteiger partial charge in [-0.2, -0.15) is 0 Å². The summed E-state index contributed by atoms with van der Waals surface area (Å²) in [4.78, 5) is 0. The van der Waals surface area contributed by atoms with Gasteiger partial charge >= 0.3 is 0 Å². The first-order chi connectivity index (χ1) is 3.48. The molecule has 0 saturated heterocycles. The summed E-state index contributed by atoms with van der Waals surface area (Å²) in [5.41, 5.74) is 0. The van der Waals surface area contributed by atoms with Gasteiger partial charge in [-0.05, 0) is 13.3 Å². The Morgan fingerprint density at radius 2 is 2.12 bits per heavy atom. The molecule has 1 N–H and O–H groups in total. The van der Waals surface area contributed by atoms with E-state index < -0.39 is 13.0 Å². The number of rotatable bonds is 2. The maximum absolute atomic E-state index is 10.8. The van der Waals surface area contributed by atoms with Crippen LogP contribution in [0.1, 0.15) is 0 Å². The van der Waals surface area contributed by atoms with Crippen LogP contribution in [0, 0.1) is 0 Å². The zero-order chi connectivity index (χ0) is 6.78. The van der Waals surface area contributed by atoms with E-state index in [0.29, 0.717) is 0 Å². The lowest BCUT2D eigenvalue weighted by molar-refractivity contribution is 0.295. The molecule has 3 heteroatoms. The van der Waals surface area contributed by atoms with Gasteiger partial charge in [0.2, 0.25) is 0 Å². The Balaban J connectivity index is 4.02.